The van der Waals surface area contributed by atoms with Gasteiger partial charge in [-0.15, -0.1) is 0 Å². The van der Waals surface area contributed by atoms with E-state index in [9.17, 15) is 19.5 Å². The number of hydrogen-bond acceptors (Lipinski definition) is 9. The number of thiazole rings is 1. The van der Waals surface area contributed by atoms with Gasteiger partial charge in [0.05, 0.1) is 30.5 Å². The van der Waals surface area contributed by atoms with E-state index in [1.165, 1.54) is 4.90 Å². The molecule has 0 spiro atoms. The largest absolute Gasteiger partial charge is 0.507 e. The number of nitrogens with zero attached hydrogens (tertiary/aromatic N) is 2. The van der Waals surface area contributed by atoms with Gasteiger partial charge in [-0.05, 0) is 68.7 Å². The third kappa shape index (κ3) is 6.02. The molecule has 3 aromatic rings. The van der Waals surface area contributed by atoms with E-state index in [0.717, 1.165) is 17.8 Å². The molecule has 1 amide bonds. The van der Waals surface area contributed by atoms with Crippen LogP contribution in [0.1, 0.15) is 58.4 Å². The fourth-order valence-corrected chi connectivity index (χ4v) is 5.46. The van der Waals surface area contributed by atoms with Crippen molar-refractivity contribution in [2.75, 3.05) is 24.7 Å². The van der Waals surface area contributed by atoms with Crippen molar-refractivity contribution in [2.45, 2.75) is 40.2 Å². The molecular formula is C31H32N2O7S. The summed E-state index contributed by atoms with van der Waals surface area (Å²) in [5.41, 5.74) is 1.89. The maximum atomic E-state index is 13.6. The summed E-state index contributed by atoms with van der Waals surface area (Å²) >= 11 is 0.956. The molecule has 2 aromatic carbocycles. The van der Waals surface area contributed by atoms with E-state index >= 15 is 0 Å². The fourth-order valence-electron chi connectivity index (χ4n) is 4.47. The lowest BCUT2D eigenvalue weighted by Crippen LogP contribution is -2.29. The van der Waals surface area contributed by atoms with Crippen molar-refractivity contribution in [2.24, 2.45) is 0 Å². The van der Waals surface area contributed by atoms with Gasteiger partial charge in [0.25, 0.3) is 5.78 Å². The number of anilines is 1. The fraction of sp³-hybridized carbons (Fsp3) is 0.290. The van der Waals surface area contributed by atoms with Gasteiger partial charge >= 0.3 is 11.9 Å². The molecule has 41 heavy (non-hydrogen) atoms. The summed E-state index contributed by atoms with van der Waals surface area (Å²) in [5.74, 6) is -1.41. The summed E-state index contributed by atoms with van der Waals surface area (Å²) in [6.07, 6.45) is 2.46. The molecule has 1 aromatic heterocycles. The second-order valence-electron chi connectivity index (χ2n) is 9.29. The summed E-state index contributed by atoms with van der Waals surface area (Å²) in [7, 11) is 0. The van der Waals surface area contributed by atoms with Gasteiger partial charge < -0.3 is 19.3 Å². The molecule has 10 heteroatoms. The van der Waals surface area contributed by atoms with E-state index in [4.69, 9.17) is 14.2 Å². The number of amides is 1. The minimum atomic E-state index is -1.01. The number of aromatic nitrogens is 1. The zero-order valence-electron chi connectivity index (χ0n) is 23.4. The highest BCUT2D eigenvalue weighted by Gasteiger charge is 2.48. The Morgan fingerprint density at radius 2 is 1.80 bits per heavy atom. The van der Waals surface area contributed by atoms with Gasteiger partial charge in [0.1, 0.15) is 28.7 Å². The SMILES string of the molecule is C=CCOc1ccc(C2/C(=C(\O)c3ccc(OCCC)cc3C)C(=O)C(=O)N2c2nc(C)c(C(=O)OCC)s2)cc1. The Kier molecular flexibility index (Phi) is 9.24. The normalized spacial score (nSPS) is 16.1. The first-order valence-electron chi connectivity index (χ1n) is 13.2. The third-order valence-corrected chi connectivity index (χ3v) is 7.52. The van der Waals surface area contributed by atoms with Gasteiger partial charge in [-0.25, -0.2) is 9.78 Å². The van der Waals surface area contributed by atoms with Crippen LogP contribution >= 0.6 is 11.3 Å². The molecule has 9 nitrogen and oxygen atoms in total. The summed E-state index contributed by atoms with van der Waals surface area (Å²) in [5, 5.41) is 11.7. The highest BCUT2D eigenvalue weighted by atomic mass is 32.1. The lowest BCUT2D eigenvalue weighted by atomic mass is 9.94. The van der Waals surface area contributed by atoms with Gasteiger partial charge in [0.15, 0.2) is 5.13 Å². The number of aliphatic hydroxyl groups excluding tert-OH is 1. The molecule has 1 saturated heterocycles. The summed E-state index contributed by atoms with van der Waals surface area (Å²) in [6, 6.07) is 11.0. The molecule has 214 valence electrons. The number of benzene rings is 2. The van der Waals surface area contributed by atoms with Crippen LogP contribution in [0.2, 0.25) is 0 Å². The molecule has 1 atom stereocenters. The lowest BCUT2D eigenvalue weighted by molar-refractivity contribution is -0.132. The Hall–Kier alpha value is -4.44. The lowest BCUT2D eigenvalue weighted by Gasteiger charge is -2.23. The average Bonchev–Trinajstić information content (AvgIpc) is 3.47. The van der Waals surface area contributed by atoms with E-state index in [0.29, 0.717) is 47.1 Å². The second-order valence-corrected chi connectivity index (χ2v) is 10.3. The smallest absolute Gasteiger partial charge is 0.350 e. The molecule has 1 aliphatic heterocycles. The number of carbonyl (C=O) groups is 3. The number of aryl methyl sites for hydroxylation is 2. The number of rotatable bonds is 11. The van der Waals surface area contributed by atoms with Gasteiger partial charge in [0, 0.05) is 5.56 Å². The van der Waals surface area contributed by atoms with Crippen LogP contribution in [0, 0.1) is 13.8 Å². The Bertz CT molecular complexity index is 1510. The van der Waals surface area contributed by atoms with Crippen molar-refractivity contribution in [1.29, 1.82) is 0 Å². The van der Waals surface area contributed by atoms with Crippen LogP contribution in [-0.2, 0) is 14.3 Å². The molecule has 1 aliphatic rings. The predicted octanol–water partition coefficient (Wildman–Crippen LogP) is 5.92. The van der Waals surface area contributed by atoms with Crippen molar-refractivity contribution >= 4 is 39.9 Å². The maximum Gasteiger partial charge on any atom is 0.350 e. The van der Waals surface area contributed by atoms with Crippen molar-refractivity contribution in [1.82, 2.24) is 4.98 Å². The number of esters is 1. The first-order valence-corrected chi connectivity index (χ1v) is 14.1. The highest BCUT2D eigenvalue weighted by Crippen LogP contribution is 2.44. The minimum absolute atomic E-state index is 0.0920. The van der Waals surface area contributed by atoms with Gasteiger partial charge in [0.2, 0.25) is 0 Å². The van der Waals surface area contributed by atoms with Crippen molar-refractivity contribution in [3.05, 3.63) is 88.0 Å². The Morgan fingerprint density at radius 3 is 2.44 bits per heavy atom. The number of hydrogen-bond donors (Lipinski definition) is 1. The molecule has 2 heterocycles. The number of ketones is 1. The zero-order chi connectivity index (χ0) is 29.7. The molecule has 1 N–H and O–H groups in total. The van der Waals surface area contributed by atoms with E-state index in [1.807, 2.05) is 6.92 Å². The van der Waals surface area contributed by atoms with Crippen LogP contribution in [-0.4, -0.2) is 47.6 Å². The highest BCUT2D eigenvalue weighted by molar-refractivity contribution is 7.17. The Balaban J connectivity index is 1.86. The van der Waals surface area contributed by atoms with Crippen LogP contribution in [0.3, 0.4) is 0 Å². The molecule has 0 radical (unpaired) electrons. The molecule has 0 bridgehead atoms. The second kappa shape index (κ2) is 12.8. The topological polar surface area (TPSA) is 115 Å². The van der Waals surface area contributed by atoms with E-state index in [1.54, 1.807) is 69.3 Å². The van der Waals surface area contributed by atoms with Crippen molar-refractivity contribution in [3.8, 4) is 11.5 Å². The molecular weight excluding hydrogens is 544 g/mol. The summed E-state index contributed by atoms with van der Waals surface area (Å²) in [6.45, 7) is 11.8. The third-order valence-electron chi connectivity index (χ3n) is 6.39. The van der Waals surface area contributed by atoms with Crippen LogP contribution < -0.4 is 14.4 Å². The van der Waals surface area contributed by atoms with Gasteiger partial charge in [-0.1, -0.05) is 43.0 Å². The van der Waals surface area contributed by atoms with E-state index in [2.05, 4.69) is 11.6 Å². The predicted molar refractivity (Wildman–Crippen MR) is 157 cm³/mol. The number of ether oxygens (including phenoxy) is 3. The zero-order valence-corrected chi connectivity index (χ0v) is 24.2. The Labute approximate surface area is 242 Å². The van der Waals surface area contributed by atoms with E-state index in [-0.39, 0.29) is 27.9 Å². The van der Waals surface area contributed by atoms with Gasteiger partial charge in [-0.3, -0.25) is 14.5 Å². The Morgan fingerprint density at radius 1 is 1.10 bits per heavy atom. The van der Waals surface area contributed by atoms with Crippen LogP contribution in [0.5, 0.6) is 11.5 Å². The quantitative estimate of drug-likeness (QED) is 0.0984. The maximum absolute atomic E-state index is 13.6. The average molecular weight is 577 g/mol. The molecule has 0 aliphatic carbocycles. The number of Topliss-reactive ketones (excluding diaryl/α,β-unsaturated/α-hetero) is 1. The summed E-state index contributed by atoms with van der Waals surface area (Å²) < 4.78 is 16.4. The molecule has 0 saturated carbocycles. The first-order chi connectivity index (χ1) is 19.7. The molecule has 1 unspecified atom stereocenters. The van der Waals surface area contributed by atoms with Crippen LogP contribution in [0.15, 0.2) is 60.7 Å². The standard InChI is InChI=1S/C31H32N2O7S/c1-6-15-39-21-11-9-20(10-12-21)25-24(26(34)23-14-13-22(17-18(23)4)40-16-7-2)27(35)29(36)33(25)31-32-19(5)28(41-31)30(37)38-8-3/h6,9-14,17,25,34H,1,7-8,15-16H2,2-5H3/b26-24+. The van der Waals surface area contributed by atoms with Crippen molar-refractivity contribution in [3.63, 3.8) is 0 Å². The number of carbonyl (C=O) groups excluding carboxylic acids is 3. The monoisotopic (exact) mass is 576 g/mol. The van der Waals surface area contributed by atoms with E-state index < -0.39 is 23.7 Å². The van der Waals surface area contributed by atoms with Crippen LogP contribution in [0.25, 0.3) is 5.76 Å². The van der Waals surface area contributed by atoms with Crippen LogP contribution in [0.4, 0.5) is 5.13 Å². The molecule has 4 rings (SSSR count). The molecule has 1 fully saturated rings. The minimum Gasteiger partial charge on any atom is -0.507 e. The van der Waals surface area contributed by atoms with Crippen molar-refractivity contribution < 1.29 is 33.7 Å². The first kappa shape index (κ1) is 29.5. The van der Waals surface area contributed by atoms with Gasteiger partial charge in [-0.2, -0.15) is 0 Å². The number of aliphatic hydroxyl groups is 1. The summed E-state index contributed by atoms with van der Waals surface area (Å²) in [4.78, 5) is 45.5.